The average Bonchev–Trinajstić information content (AvgIpc) is 2.79. The highest BCUT2D eigenvalue weighted by Gasteiger charge is 2.05. The van der Waals surface area contributed by atoms with Crippen molar-refractivity contribution in [1.82, 2.24) is 4.57 Å². The van der Waals surface area contributed by atoms with Gasteiger partial charge in [0.25, 0.3) is 5.56 Å². The topological polar surface area (TPSA) is 69.6 Å². The van der Waals surface area contributed by atoms with Crippen LogP contribution < -0.4 is 20.3 Å². The Bertz CT molecular complexity index is 1100. The molecule has 0 saturated carbocycles. The summed E-state index contributed by atoms with van der Waals surface area (Å²) >= 11 is 0. The number of ether oxygens (including phenoxy) is 2. The molecule has 0 bridgehead atoms. The van der Waals surface area contributed by atoms with E-state index in [1.807, 2.05) is 55.5 Å². The van der Waals surface area contributed by atoms with E-state index in [9.17, 15) is 9.59 Å². The molecule has 1 amide bonds. The van der Waals surface area contributed by atoms with Gasteiger partial charge in [0.1, 0.15) is 0 Å². The van der Waals surface area contributed by atoms with Gasteiger partial charge in [-0.15, -0.1) is 0 Å². The molecule has 2 aromatic carbocycles. The van der Waals surface area contributed by atoms with Gasteiger partial charge < -0.3 is 19.4 Å². The second-order valence-electron chi connectivity index (χ2n) is 6.95. The first-order valence-electron chi connectivity index (χ1n) is 10.1. The van der Waals surface area contributed by atoms with Crippen molar-refractivity contribution >= 4 is 17.7 Å². The zero-order valence-electron chi connectivity index (χ0n) is 17.7. The third kappa shape index (κ3) is 6.34. The fourth-order valence-electron chi connectivity index (χ4n) is 2.96. The molecule has 0 unspecified atom stereocenters. The molecular formula is C25H26N2O4. The van der Waals surface area contributed by atoms with Crippen molar-refractivity contribution in [2.75, 3.05) is 19.0 Å². The molecule has 0 aliphatic rings. The number of nitrogens with zero attached hydrogens (tertiary/aromatic N) is 1. The van der Waals surface area contributed by atoms with Crippen molar-refractivity contribution in [2.24, 2.45) is 0 Å². The minimum Gasteiger partial charge on any atom is -0.493 e. The summed E-state index contributed by atoms with van der Waals surface area (Å²) in [6.07, 6.45) is 5.85. The number of carbonyl (C=O) groups is 1. The Hall–Kier alpha value is -3.80. The first-order chi connectivity index (χ1) is 15.1. The summed E-state index contributed by atoms with van der Waals surface area (Å²) in [5, 5.41) is 2.83. The Morgan fingerprint density at radius 2 is 1.87 bits per heavy atom. The minimum absolute atomic E-state index is 0.0494. The molecule has 6 nitrogen and oxygen atoms in total. The van der Waals surface area contributed by atoms with Gasteiger partial charge in [0.2, 0.25) is 5.91 Å². The van der Waals surface area contributed by atoms with Crippen molar-refractivity contribution in [3.8, 4) is 11.5 Å². The number of carbonyl (C=O) groups excluding carboxylic acids is 1. The van der Waals surface area contributed by atoms with Crippen molar-refractivity contribution in [3.05, 3.63) is 94.4 Å². The zero-order chi connectivity index (χ0) is 22.1. The fourth-order valence-corrected chi connectivity index (χ4v) is 2.96. The van der Waals surface area contributed by atoms with Crippen LogP contribution in [0, 0.1) is 0 Å². The van der Waals surface area contributed by atoms with Crippen LogP contribution in [0.1, 0.15) is 24.5 Å². The number of amides is 1. The molecule has 0 atom stereocenters. The van der Waals surface area contributed by atoms with Crippen LogP contribution in [-0.2, 0) is 11.3 Å². The second-order valence-corrected chi connectivity index (χ2v) is 6.95. The number of rotatable bonds is 9. The predicted molar refractivity (Wildman–Crippen MR) is 123 cm³/mol. The molecule has 0 fully saturated rings. The van der Waals surface area contributed by atoms with Gasteiger partial charge in [-0.3, -0.25) is 9.59 Å². The molecule has 160 valence electrons. The summed E-state index contributed by atoms with van der Waals surface area (Å²) in [5.74, 6) is 1.07. The SMILES string of the molecule is CCCOc1ccc(/C=C/C(=O)Nc2ccc(Cn3ccccc3=O)cc2)cc1OC. The molecule has 0 saturated heterocycles. The lowest BCUT2D eigenvalue weighted by molar-refractivity contribution is -0.111. The molecule has 0 aliphatic heterocycles. The molecular weight excluding hydrogens is 392 g/mol. The molecule has 0 radical (unpaired) electrons. The van der Waals surface area contributed by atoms with E-state index in [0.717, 1.165) is 17.5 Å². The maximum Gasteiger partial charge on any atom is 0.250 e. The van der Waals surface area contributed by atoms with E-state index in [1.54, 1.807) is 30.0 Å². The van der Waals surface area contributed by atoms with Gasteiger partial charge in [-0.1, -0.05) is 31.2 Å². The normalized spacial score (nSPS) is 10.8. The maximum absolute atomic E-state index is 12.3. The lowest BCUT2D eigenvalue weighted by Crippen LogP contribution is -2.18. The predicted octanol–water partition coefficient (Wildman–Crippen LogP) is 4.35. The van der Waals surface area contributed by atoms with E-state index in [1.165, 1.54) is 12.1 Å². The largest absolute Gasteiger partial charge is 0.493 e. The summed E-state index contributed by atoms with van der Waals surface area (Å²) < 4.78 is 12.6. The monoisotopic (exact) mass is 418 g/mol. The lowest BCUT2D eigenvalue weighted by atomic mass is 10.1. The summed E-state index contributed by atoms with van der Waals surface area (Å²) in [7, 11) is 1.59. The molecule has 0 spiro atoms. The molecule has 31 heavy (non-hydrogen) atoms. The summed E-state index contributed by atoms with van der Waals surface area (Å²) in [6, 6.07) is 18.0. The summed E-state index contributed by atoms with van der Waals surface area (Å²) in [4.78, 5) is 24.1. The number of methoxy groups -OCH3 is 1. The molecule has 1 aromatic heterocycles. The smallest absolute Gasteiger partial charge is 0.250 e. The number of benzene rings is 2. The van der Waals surface area contributed by atoms with E-state index in [-0.39, 0.29) is 11.5 Å². The zero-order valence-corrected chi connectivity index (χ0v) is 17.7. The van der Waals surface area contributed by atoms with Crippen molar-refractivity contribution < 1.29 is 14.3 Å². The first kappa shape index (κ1) is 21.9. The molecule has 3 rings (SSSR count). The average molecular weight is 418 g/mol. The Kier molecular flexibility index (Phi) is 7.65. The van der Waals surface area contributed by atoms with Crippen LogP contribution in [0.3, 0.4) is 0 Å². The highest BCUT2D eigenvalue weighted by molar-refractivity contribution is 6.01. The van der Waals surface area contributed by atoms with E-state index in [0.29, 0.717) is 30.3 Å². The summed E-state index contributed by atoms with van der Waals surface area (Å²) in [6.45, 7) is 3.14. The van der Waals surface area contributed by atoms with Crippen LogP contribution in [-0.4, -0.2) is 24.2 Å². The number of nitrogens with one attached hydrogen (secondary N) is 1. The fraction of sp³-hybridized carbons (Fsp3) is 0.200. The third-order valence-corrected chi connectivity index (χ3v) is 4.55. The van der Waals surface area contributed by atoms with Crippen LogP contribution in [0.5, 0.6) is 11.5 Å². The first-order valence-corrected chi connectivity index (χ1v) is 10.1. The van der Waals surface area contributed by atoms with E-state index >= 15 is 0 Å². The number of pyridine rings is 1. The van der Waals surface area contributed by atoms with Gasteiger partial charge in [-0.05, 0) is 54.0 Å². The molecule has 0 aliphatic carbocycles. The number of anilines is 1. The van der Waals surface area contributed by atoms with Crippen LogP contribution in [0.4, 0.5) is 5.69 Å². The van der Waals surface area contributed by atoms with Crippen LogP contribution >= 0.6 is 0 Å². The highest BCUT2D eigenvalue weighted by Crippen LogP contribution is 2.28. The van der Waals surface area contributed by atoms with Crippen molar-refractivity contribution in [2.45, 2.75) is 19.9 Å². The number of aromatic nitrogens is 1. The van der Waals surface area contributed by atoms with Gasteiger partial charge in [-0.2, -0.15) is 0 Å². The van der Waals surface area contributed by atoms with Crippen LogP contribution in [0.2, 0.25) is 0 Å². The number of hydrogen-bond donors (Lipinski definition) is 1. The Balaban J connectivity index is 1.59. The minimum atomic E-state index is -0.239. The standard InChI is InChI=1S/C25H26N2O4/c1-3-16-31-22-13-9-19(17-23(22)30-2)10-14-24(28)26-21-11-7-20(8-12-21)18-27-15-5-4-6-25(27)29/h4-15,17H,3,16,18H2,1-2H3,(H,26,28)/b14-10+. The van der Waals surface area contributed by atoms with E-state index in [4.69, 9.17) is 9.47 Å². The van der Waals surface area contributed by atoms with Crippen LogP contribution in [0.15, 0.2) is 77.7 Å². The van der Waals surface area contributed by atoms with E-state index < -0.39 is 0 Å². The lowest BCUT2D eigenvalue weighted by Gasteiger charge is -2.10. The molecule has 3 aromatic rings. The van der Waals surface area contributed by atoms with Gasteiger partial charge in [-0.25, -0.2) is 0 Å². The number of hydrogen-bond acceptors (Lipinski definition) is 4. The third-order valence-electron chi connectivity index (χ3n) is 4.55. The Labute approximate surface area is 181 Å². The Morgan fingerprint density at radius 1 is 1.06 bits per heavy atom. The van der Waals surface area contributed by atoms with Crippen molar-refractivity contribution in [1.29, 1.82) is 0 Å². The second kappa shape index (κ2) is 10.8. The maximum atomic E-state index is 12.3. The van der Waals surface area contributed by atoms with Gasteiger partial charge in [0.15, 0.2) is 11.5 Å². The van der Waals surface area contributed by atoms with Crippen molar-refractivity contribution in [3.63, 3.8) is 0 Å². The molecule has 1 N–H and O–H groups in total. The van der Waals surface area contributed by atoms with Gasteiger partial charge in [0.05, 0.1) is 20.3 Å². The van der Waals surface area contributed by atoms with Crippen LogP contribution in [0.25, 0.3) is 6.08 Å². The molecule has 1 heterocycles. The van der Waals surface area contributed by atoms with Gasteiger partial charge in [0, 0.05) is 24.0 Å². The Morgan fingerprint density at radius 3 is 2.58 bits per heavy atom. The molecule has 6 heteroatoms. The quantitative estimate of drug-likeness (QED) is 0.525. The highest BCUT2D eigenvalue weighted by atomic mass is 16.5. The summed E-state index contributed by atoms with van der Waals surface area (Å²) in [5.41, 5.74) is 2.44. The van der Waals surface area contributed by atoms with Gasteiger partial charge >= 0.3 is 0 Å². The van der Waals surface area contributed by atoms with E-state index in [2.05, 4.69) is 5.32 Å².